The summed E-state index contributed by atoms with van der Waals surface area (Å²) in [4.78, 5) is 4.60. The third-order valence-corrected chi connectivity index (χ3v) is 3.55. The Kier molecular flexibility index (Phi) is 8.43. The molecule has 0 radical (unpaired) electrons. The molecule has 0 aromatic heterocycles. The average molecular weight is 261 g/mol. The van der Waals surface area contributed by atoms with Gasteiger partial charge in [0.15, 0.2) is 5.96 Å². The van der Waals surface area contributed by atoms with Crippen LogP contribution in [-0.2, 0) is 4.74 Å². The van der Waals surface area contributed by atoms with Gasteiger partial charge in [-0.2, -0.15) is 11.8 Å². The Morgan fingerprint density at radius 3 is 2.59 bits per heavy atom. The molecule has 0 saturated heterocycles. The SMILES string of the molecule is CCNC(=NCC(C)(C)SC)NC(C)COC. The molecule has 0 bridgehead atoms. The molecule has 0 rings (SSSR count). The fourth-order valence-corrected chi connectivity index (χ4v) is 1.37. The van der Waals surface area contributed by atoms with E-state index in [4.69, 9.17) is 4.74 Å². The summed E-state index contributed by atoms with van der Waals surface area (Å²) in [5.41, 5.74) is 0. The van der Waals surface area contributed by atoms with Crippen molar-refractivity contribution in [3.05, 3.63) is 0 Å². The van der Waals surface area contributed by atoms with Crippen molar-refractivity contribution in [1.29, 1.82) is 0 Å². The summed E-state index contributed by atoms with van der Waals surface area (Å²) in [6.07, 6.45) is 2.11. The largest absolute Gasteiger partial charge is 0.383 e. The van der Waals surface area contributed by atoms with Gasteiger partial charge in [0.05, 0.1) is 13.2 Å². The number of rotatable bonds is 7. The Morgan fingerprint density at radius 2 is 2.12 bits per heavy atom. The fraction of sp³-hybridized carbons (Fsp3) is 0.917. The van der Waals surface area contributed by atoms with Crippen LogP contribution < -0.4 is 10.6 Å². The highest BCUT2D eigenvalue weighted by molar-refractivity contribution is 7.99. The molecule has 4 nitrogen and oxygen atoms in total. The lowest BCUT2D eigenvalue weighted by Gasteiger charge is -2.22. The maximum Gasteiger partial charge on any atom is 0.191 e. The minimum Gasteiger partial charge on any atom is -0.383 e. The number of thioether (sulfide) groups is 1. The number of nitrogens with zero attached hydrogens (tertiary/aromatic N) is 1. The Hall–Kier alpha value is -0.420. The molecule has 1 atom stereocenters. The number of guanidine groups is 1. The molecule has 2 N–H and O–H groups in total. The van der Waals surface area contributed by atoms with Gasteiger partial charge in [-0.05, 0) is 34.0 Å². The Balaban J connectivity index is 4.35. The van der Waals surface area contributed by atoms with Crippen molar-refractivity contribution in [2.45, 2.75) is 38.5 Å². The highest BCUT2D eigenvalue weighted by Gasteiger charge is 2.15. The second-order valence-corrected chi connectivity index (χ2v) is 6.17. The number of methoxy groups -OCH3 is 1. The Labute approximate surface area is 110 Å². The van der Waals surface area contributed by atoms with E-state index in [1.54, 1.807) is 7.11 Å². The number of aliphatic imine (C=N–C) groups is 1. The molecular weight excluding hydrogens is 234 g/mol. The molecule has 1 unspecified atom stereocenters. The summed E-state index contributed by atoms with van der Waals surface area (Å²) in [5, 5.41) is 6.56. The van der Waals surface area contributed by atoms with Crippen LogP contribution in [0.5, 0.6) is 0 Å². The maximum absolute atomic E-state index is 5.10. The number of hydrogen-bond donors (Lipinski definition) is 2. The molecule has 0 amide bonds. The van der Waals surface area contributed by atoms with E-state index in [9.17, 15) is 0 Å². The van der Waals surface area contributed by atoms with Gasteiger partial charge in [0, 0.05) is 24.4 Å². The minimum atomic E-state index is 0.173. The molecule has 0 fully saturated rings. The first-order chi connectivity index (χ1) is 7.95. The van der Waals surface area contributed by atoms with E-state index in [2.05, 4.69) is 49.6 Å². The van der Waals surface area contributed by atoms with Gasteiger partial charge in [-0.3, -0.25) is 4.99 Å². The summed E-state index contributed by atoms with van der Waals surface area (Å²) < 4.78 is 5.27. The molecule has 0 heterocycles. The number of hydrogen-bond acceptors (Lipinski definition) is 3. The van der Waals surface area contributed by atoms with E-state index in [-0.39, 0.29) is 10.8 Å². The lowest BCUT2D eigenvalue weighted by atomic mass is 10.2. The van der Waals surface area contributed by atoms with E-state index >= 15 is 0 Å². The summed E-state index contributed by atoms with van der Waals surface area (Å²) >= 11 is 1.83. The fourth-order valence-electron chi connectivity index (χ4n) is 1.18. The molecule has 0 aromatic rings. The lowest BCUT2D eigenvalue weighted by molar-refractivity contribution is 0.179. The van der Waals surface area contributed by atoms with Crippen LogP contribution in [0.2, 0.25) is 0 Å². The predicted molar refractivity (Wildman–Crippen MR) is 78.0 cm³/mol. The van der Waals surface area contributed by atoms with Crippen molar-refractivity contribution in [2.24, 2.45) is 4.99 Å². The van der Waals surface area contributed by atoms with Gasteiger partial charge in [0.25, 0.3) is 0 Å². The van der Waals surface area contributed by atoms with Crippen molar-refractivity contribution in [3.8, 4) is 0 Å². The van der Waals surface area contributed by atoms with Crippen molar-refractivity contribution in [2.75, 3.05) is 33.1 Å². The van der Waals surface area contributed by atoms with Gasteiger partial charge in [0.2, 0.25) is 0 Å². The molecule has 0 aliphatic carbocycles. The summed E-state index contributed by atoms with van der Waals surface area (Å²) in [6, 6.07) is 0.259. The highest BCUT2D eigenvalue weighted by Crippen LogP contribution is 2.20. The van der Waals surface area contributed by atoms with Crippen molar-refractivity contribution in [1.82, 2.24) is 10.6 Å². The first-order valence-electron chi connectivity index (χ1n) is 6.04. The normalized spacial score (nSPS) is 14.6. The molecule has 0 aliphatic heterocycles. The van der Waals surface area contributed by atoms with Crippen LogP contribution in [0.4, 0.5) is 0 Å². The second-order valence-electron chi connectivity index (χ2n) is 4.66. The van der Waals surface area contributed by atoms with Gasteiger partial charge in [-0.1, -0.05) is 0 Å². The third-order valence-electron chi connectivity index (χ3n) is 2.31. The van der Waals surface area contributed by atoms with Crippen LogP contribution in [0.1, 0.15) is 27.7 Å². The quantitative estimate of drug-likeness (QED) is 0.541. The van der Waals surface area contributed by atoms with Gasteiger partial charge >= 0.3 is 0 Å². The van der Waals surface area contributed by atoms with Crippen LogP contribution >= 0.6 is 11.8 Å². The minimum absolute atomic E-state index is 0.173. The molecular formula is C12H27N3OS. The van der Waals surface area contributed by atoms with Crippen molar-refractivity contribution < 1.29 is 4.74 Å². The lowest BCUT2D eigenvalue weighted by Crippen LogP contribution is -2.44. The zero-order valence-corrected chi connectivity index (χ0v) is 12.8. The smallest absolute Gasteiger partial charge is 0.191 e. The third kappa shape index (κ3) is 8.32. The van der Waals surface area contributed by atoms with E-state index in [1.165, 1.54) is 0 Å². The molecule has 0 aromatic carbocycles. The van der Waals surface area contributed by atoms with Crippen LogP contribution in [0.3, 0.4) is 0 Å². The molecule has 102 valence electrons. The summed E-state index contributed by atoms with van der Waals surface area (Å²) in [5.74, 6) is 0.860. The standard InChI is InChI=1S/C12H27N3OS/c1-7-13-11(15-10(2)8-16-5)14-9-12(3,4)17-6/h10H,7-9H2,1-6H3,(H2,13,14,15). The topological polar surface area (TPSA) is 45.7 Å². The molecule has 0 aliphatic rings. The Bertz CT molecular complexity index is 232. The van der Waals surface area contributed by atoms with Crippen LogP contribution in [-0.4, -0.2) is 49.8 Å². The number of nitrogens with one attached hydrogen (secondary N) is 2. The van der Waals surface area contributed by atoms with Gasteiger partial charge in [0.1, 0.15) is 0 Å². The van der Waals surface area contributed by atoms with Crippen molar-refractivity contribution >= 4 is 17.7 Å². The molecule has 0 saturated carbocycles. The summed E-state index contributed by atoms with van der Waals surface area (Å²) in [6.45, 7) is 10.9. The van der Waals surface area contributed by atoms with E-state index in [1.807, 2.05) is 11.8 Å². The van der Waals surface area contributed by atoms with Crippen LogP contribution in [0, 0.1) is 0 Å². The zero-order chi connectivity index (χ0) is 13.3. The molecule has 0 spiro atoms. The molecule has 17 heavy (non-hydrogen) atoms. The first kappa shape index (κ1) is 16.6. The molecule has 5 heteroatoms. The Morgan fingerprint density at radius 1 is 1.47 bits per heavy atom. The zero-order valence-electron chi connectivity index (χ0n) is 12.0. The van der Waals surface area contributed by atoms with Crippen molar-refractivity contribution in [3.63, 3.8) is 0 Å². The van der Waals surface area contributed by atoms with Gasteiger partial charge in [-0.25, -0.2) is 0 Å². The monoisotopic (exact) mass is 261 g/mol. The van der Waals surface area contributed by atoms with Crippen LogP contribution in [0.15, 0.2) is 4.99 Å². The van der Waals surface area contributed by atoms with Crippen LogP contribution in [0.25, 0.3) is 0 Å². The second kappa shape index (κ2) is 8.64. The van der Waals surface area contributed by atoms with E-state index in [0.717, 1.165) is 19.0 Å². The first-order valence-corrected chi connectivity index (χ1v) is 7.26. The van der Waals surface area contributed by atoms with Gasteiger partial charge in [-0.15, -0.1) is 0 Å². The predicted octanol–water partition coefficient (Wildman–Crippen LogP) is 1.72. The highest BCUT2D eigenvalue weighted by atomic mass is 32.2. The maximum atomic E-state index is 5.10. The van der Waals surface area contributed by atoms with Gasteiger partial charge < -0.3 is 15.4 Å². The average Bonchev–Trinajstić information content (AvgIpc) is 2.27. The number of ether oxygens (including phenoxy) is 1. The van der Waals surface area contributed by atoms with E-state index < -0.39 is 0 Å². The summed E-state index contributed by atoms with van der Waals surface area (Å²) in [7, 11) is 1.71. The van der Waals surface area contributed by atoms with E-state index in [0.29, 0.717) is 6.61 Å².